The van der Waals surface area contributed by atoms with Gasteiger partial charge in [-0.3, -0.25) is 0 Å². The van der Waals surface area contributed by atoms with Crippen molar-refractivity contribution in [1.82, 2.24) is 4.31 Å². The van der Waals surface area contributed by atoms with Crippen LogP contribution in [0.1, 0.15) is 18.4 Å². The number of benzene rings is 1. The van der Waals surface area contributed by atoms with E-state index < -0.39 is 10.0 Å². The van der Waals surface area contributed by atoms with E-state index >= 15 is 0 Å². The minimum atomic E-state index is -3.27. The molecule has 0 aliphatic carbocycles. The largest absolute Gasteiger partial charge is 0.326 e. The van der Waals surface area contributed by atoms with Gasteiger partial charge in [0.25, 0.3) is 0 Å². The van der Waals surface area contributed by atoms with Crippen molar-refractivity contribution in [2.45, 2.75) is 24.7 Å². The van der Waals surface area contributed by atoms with Gasteiger partial charge in [-0.15, -0.1) is 0 Å². The quantitative estimate of drug-likeness (QED) is 0.783. The second-order valence-corrected chi connectivity index (χ2v) is 6.02. The maximum Gasteiger partial charge on any atom is 0.242 e. The van der Waals surface area contributed by atoms with Crippen LogP contribution in [0.15, 0.2) is 29.2 Å². The Morgan fingerprint density at radius 1 is 1.12 bits per heavy atom. The summed E-state index contributed by atoms with van der Waals surface area (Å²) < 4.78 is 26.0. The first-order valence-corrected chi connectivity index (χ1v) is 6.93. The molecule has 1 heterocycles. The van der Waals surface area contributed by atoms with Crippen LogP contribution >= 0.6 is 0 Å². The van der Waals surface area contributed by atoms with Gasteiger partial charge < -0.3 is 6.42 Å². The van der Waals surface area contributed by atoms with Crippen molar-refractivity contribution in [2.24, 2.45) is 0 Å². The molecule has 1 aromatic rings. The molecule has 5 heteroatoms. The third-order valence-corrected chi connectivity index (χ3v) is 4.74. The molecule has 1 radical (unpaired) electrons. The standard InChI is InChI=1S/C12H16NO2S.Co/c1-11-5-7-12(8-6-11)16(14,15)13-9-3-2-4-10-13;/h2,5-8H,3-4,9-10H2,1H3;/q-1;. The zero-order valence-electron chi connectivity index (χ0n) is 9.72. The molecule has 0 atom stereocenters. The summed E-state index contributed by atoms with van der Waals surface area (Å²) >= 11 is 0. The van der Waals surface area contributed by atoms with Crippen molar-refractivity contribution in [1.29, 1.82) is 0 Å². The molecule has 0 saturated carbocycles. The molecule has 3 nitrogen and oxygen atoms in total. The van der Waals surface area contributed by atoms with E-state index in [-0.39, 0.29) is 16.8 Å². The molecule has 1 aromatic carbocycles. The van der Waals surface area contributed by atoms with Crippen LogP contribution in [0.4, 0.5) is 0 Å². The fraction of sp³-hybridized carbons (Fsp3) is 0.417. The second-order valence-electron chi connectivity index (χ2n) is 4.08. The number of sulfonamides is 1. The fourth-order valence-corrected chi connectivity index (χ4v) is 3.30. The van der Waals surface area contributed by atoms with Crippen molar-refractivity contribution >= 4 is 10.0 Å². The second kappa shape index (κ2) is 6.00. The number of rotatable bonds is 2. The Morgan fingerprint density at radius 3 is 2.18 bits per heavy atom. The Kier molecular flexibility index (Phi) is 5.18. The van der Waals surface area contributed by atoms with Gasteiger partial charge in [0, 0.05) is 16.8 Å². The summed E-state index contributed by atoms with van der Waals surface area (Å²) in [6.07, 6.45) is 3.84. The Hall–Kier alpha value is -0.364. The van der Waals surface area contributed by atoms with E-state index in [1.165, 1.54) is 0 Å². The molecule has 0 bridgehead atoms. The third kappa shape index (κ3) is 3.31. The molecule has 1 aliphatic heterocycles. The van der Waals surface area contributed by atoms with Crippen molar-refractivity contribution in [3.63, 3.8) is 0 Å². The maximum absolute atomic E-state index is 12.2. The molecule has 0 N–H and O–H groups in total. The number of nitrogens with zero attached hydrogens (tertiary/aromatic N) is 1. The molecular formula is C12H16CoNO2S-. The average Bonchev–Trinajstić information content (AvgIpc) is 2.31. The molecule has 1 aliphatic rings. The SMILES string of the molecule is Cc1ccc(S(=O)(=O)N2CC[CH-]CC2)cc1.[Co]. The Balaban J connectivity index is 0.00000144. The normalized spacial score (nSPS) is 17.5. The molecule has 17 heavy (non-hydrogen) atoms. The Bertz CT molecular complexity index is 450. The predicted molar refractivity (Wildman–Crippen MR) is 63.5 cm³/mol. The van der Waals surface area contributed by atoms with Crippen LogP contribution in [-0.4, -0.2) is 25.8 Å². The predicted octanol–water partition coefficient (Wildman–Crippen LogP) is 1.98. The van der Waals surface area contributed by atoms with Crippen molar-refractivity contribution < 1.29 is 25.2 Å². The van der Waals surface area contributed by atoms with Gasteiger partial charge in [0.05, 0.1) is 4.90 Å². The van der Waals surface area contributed by atoms with E-state index in [2.05, 4.69) is 6.42 Å². The van der Waals surface area contributed by atoms with Gasteiger partial charge in [-0.25, -0.2) is 12.7 Å². The van der Waals surface area contributed by atoms with E-state index in [9.17, 15) is 8.42 Å². The van der Waals surface area contributed by atoms with Crippen LogP contribution in [0.2, 0.25) is 0 Å². The zero-order chi connectivity index (χ0) is 11.6. The summed E-state index contributed by atoms with van der Waals surface area (Å²) in [7, 11) is -3.27. The van der Waals surface area contributed by atoms with Crippen LogP contribution in [0.3, 0.4) is 0 Å². The van der Waals surface area contributed by atoms with Crippen LogP contribution in [-0.2, 0) is 26.8 Å². The van der Waals surface area contributed by atoms with Crippen LogP contribution < -0.4 is 0 Å². The maximum atomic E-state index is 12.2. The third-order valence-electron chi connectivity index (χ3n) is 2.82. The number of piperidine rings is 1. The number of hydrogen-bond donors (Lipinski definition) is 0. The molecular weight excluding hydrogens is 281 g/mol. The molecule has 0 aromatic heterocycles. The molecule has 1 saturated heterocycles. The molecule has 0 spiro atoms. The van der Waals surface area contributed by atoms with E-state index in [1.54, 1.807) is 16.4 Å². The van der Waals surface area contributed by atoms with Gasteiger partial charge in [0.1, 0.15) is 0 Å². The molecule has 2 rings (SSSR count). The van der Waals surface area contributed by atoms with Gasteiger partial charge in [-0.1, -0.05) is 17.7 Å². The summed E-state index contributed by atoms with van der Waals surface area (Å²) in [5, 5.41) is 0. The topological polar surface area (TPSA) is 37.4 Å². The first kappa shape index (κ1) is 14.7. The van der Waals surface area contributed by atoms with Gasteiger partial charge in [-0.05, 0) is 32.1 Å². The van der Waals surface area contributed by atoms with E-state index in [1.807, 2.05) is 19.1 Å². The first-order chi connectivity index (χ1) is 7.60. The summed E-state index contributed by atoms with van der Waals surface area (Å²) in [6, 6.07) is 7.04. The van der Waals surface area contributed by atoms with Crippen molar-refractivity contribution in [3.05, 3.63) is 36.2 Å². The number of aryl methyl sites for hydroxylation is 1. The molecule has 0 unspecified atom stereocenters. The van der Waals surface area contributed by atoms with E-state index in [0.717, 1.165) is 18.4 Å². The average molecular weight is 297 g/mol. The van der Waals surface area contributed by atoms with Crippen LogP contribution in [0.5, 0.6) is 0 Å². The zero-order valence-corrected chi connectivity index (χ0v) is 11.6. The molecule has 1 fully saturated rings. The summed E-state index contributed by atoms with van der Waals surface area (Å²) in [5.41, 5.74) is 1.07. The van der Waals surface area contributed by atoms with Crippen LogP contribution in [0, 0.1) is 13.3 Å². The van der Waals surface area contributed by atoms with Crippen LogP contribution in [0.25, 0.3) is 0 Å². The fourth-order valence-electron chi connectivity index (χ4n) is 1.83. The summed E-state index contributed by atoms with van der Waals surface area (Å²) in [4.78, 5) is 0.403. The summed E-state index contributed by atoms with van der Waals surface area (Å²) in [6.45, 7) is 3.17. The smallest absolute Gasteiger partial charge is 0.242 e. The van der Waals surface area contributed by atoms with E-state index in [0.29, 0.717) is 18.0 Å². The summed E-state index contributed by atoms with van der Waals surface area (Å²) in [5.74, 6) is 0. The minimum absolute atomic E-state index is 0. The molecule has 97 valence electrons. The van der Waals surface area contributed by atoms with Gasteiger partial charge in [0.15, 0.2) is 0 Å². The van der Waals surface area contributed by atoms with Gasteiger partial charge in [0.2, 0.25) is 10.0 Å². The van der Waals surface area contributed by atoms with Crippen molar-refractivity contribution in [2.75, 3.05) is 13.1 Å². The van der Waals surface area contributed by atoms with Gasteiger partial charge >= 0.3 is 0 Å². The Morgan fingerprint density at radius 2 is 1.65 bits per heavy atom. The van der Waals surface area contributed by atoms with Crippen molar-refractivity contribution in [3.8, 4) is 0 Å². The van der Waals surface area contributed by atoms with Gasteiger partial charge in [-0.2, -0.15) is 12.8 Å². The monoisotopic (exact) mass is 297 g/mol. The Labute approximate surface area is 113 Å². The van der Waals surface area contributed by atoms with E-state index in [4.69, 9.17) is 0 Å². The first-order valence-electron chi connectivity index (χ1n) is 5.49. The molecule has 0 amide bonds. The number of hydrogen-bond acceptors (Lipinski definition) is 2. The minimum Gasteiger partial charge on any atom is -0.326 e.